The van der Waals surface area contributed by atoms with Crippen LogP contribution in [0, 0.1) is 0 Å². The number of carbonyl (C=O) groups excluding carboxylic acids is 1. The molecule has 0 bridgehead atoms. The monoisotopic (exact) mass is 279 g/mol. The summed E-state index contributed by atoms with van der Waals surface area (Å²) in [4.78, 5) is 12.4. The van der Waals surface area contributed by atoms with Crippen molar-refractivity contribution in [1.29, 1.82) is 0 Å². The number of amides is 1. The third kappa shape index (κ3) is 3.33. The summed E-state index contributed by atoms with van der Waals surface area (Å²) in [6.07, 6.45) is 4.67. The van der Waals surface area contributed by atoms with Crippen LogP contribution in [0.3, 0.4) is 0 Å². The first-order valence-electron chi connectivity index (χ1n) is 7.75. The van der Waals surface area contributed by atoms with Gasteiger partial charge < -0.3 is 5.32 Å². The molecule has 1 fully saturated rings. The molecule has 1 saturated carbocycles. The molecule has 2 aromatic rings. The van der Waals surface area contributed by atoms with E-state index in [4.69, 9.17) is 0 Å². The Hall–Kier alpha value is -2.09. The Bertz CT molecular complexity index is 579. The fraction of sp³-hybridized carbons (Fsp3) is 0.316. The van der Waals surface area contributed by atoms with Crippen LogP contribution in [0.5, 0.6) is 0 Å². The van der Waals surface area contributed by atoms with Gasteiger partial charge in [0.25, 0.3) is 5.91 Å². The van der Waals surface area contributed by atoms with E-state index in [1.807, 2.05) is 36.4 Å². The van der Waals surface area contributed by atoms with E-state index >= 15 is 0 Å². The Labute approximate surface area is 126 Å². The van der Waals surface area contributed by atoms with Gasteiger partial charge in [0.2, 0.25) is 0 Å². The molecule has 108 valence electrons. The molecule has 0 spiro atoms. The summed E-state index contributed by atoms with van der Waals surface area (Å²) >= 11 is 0. The van der Waals surface area contributed by atoms with Crippen LogP contribution >= 0.6 is 0 Å². The Morgan fingerprint density at radius 3 is 2.19 bits per heavy atom. The molecule has 1 N–H and O–H groups in total. The van der Waals surface area contributed by atoms with Crippen LogP contribution in [0.1, 0.15) is 47.5 Å². The lowest BCUT2D eigenvalue weighted by atomic mass is 9.80. The van der Waals surface area contributed by atoms with Crippen LogP contribution in [-0.2, 0) is 0 Å². The minimum Gasteiger partial charge on any atom is -0.349 e. The Kier molecular flexibility index (Phi) is 4.34. The second kappa shape index (κ2) is 6.57. The zero-order valence-electron chi connectivity index (χ0n) is 12.2. The molecule has 0 heterocycles. The highest BCUT2D eigenvalue weighted by Gasteiger charge is 2.27. The van der Waals surface area contributed by atoms with Gasteiger partial charge in [0.15, 0.2) is 0 Å². The summed E-state index contributed by atoms with van der Waals surface area (Å²) in [5.74, 6) is 0.482. The number of hydrogen-bond acceptors (Lipinski definition) is 1. The normalized spacial score (nSPS) is 21.7. The van der Waals surface area contributed by atoms with Crippen molar-refractivity contribution in [3.05, 3.63) is 71.8 Å². The number of nitrogens with one attached hydrogen (secondary N) is 1. The molecule has 21 heavy (non-hydrogen) atoms. The maximum atomic E-state index is 12.4. The maximum Gasteiger partial charge on any atom is 0.251 e. The summed E-state index contributed by atoms with van der Waals surface area (Å²) in [7, 11) is 0. The topological polar surface area (TPSA) is 29.1 Å². The van der Waals surface area contributed by atoms with Gasteiger partial charge in [0.1, 0.15) is 0 Å². The molecule has 1 amide bonds. The summed E-state index contributed by atoms with van der Waals surface area (Å²) in [5.41, 5.74) is 2.09. The van der Waals surface area contributed by atoms with Crippen molar-refractivity contribution < 1.29 is 4.79 Å². The van der Waals surface area contributed by atoms with E-state index in [2.05, 4.69) is 29.6 Å². The van der Waals surface area contributed by atoms with Gasteiger partial charge in [-0.05, 0) is 30.5 Å². The molecule has 0 saturated heterocycles. The standard InChI is InChI=1S/C19H21NO/c21-19(16-11-5-2-6-12-16)20-18-14-8-7-13-17(18)15-9-3-1-4-10-15/h1-6,9-12,17-18H,7-8,13-14H2,(H,20,21)/t17-,18-/m0/s1. The molecule has 0 radical (unpaired) electrons. The second-order valence-electron chi connectivity index (χ2n) is 5.75. The highest BCUT2D eigenvalue weighted by molar-refractivity contribution is 5.94. The lowest BCUT2D eigenvalue weighted by Crippen LogP contribution is -2.41. The predicted octanol–water partition coefficient (Wildman–Crippen LogP) is 4.14. The van der Waals surface area contributed by atoms with Crippen LogP contribution < -0.4 is 5.32 Å². The Balaban J connectivity index is 1.75. The molecule has 1 aliphatic carbocycles. The van der Waals surface area contributed by atoms with Crippen molar-refractivity contribution >= 4 is 5.91 Å². The lowest BCUT2D eigenvalue weighted by molar-refractivity contribution is 0.0921. The maximum absolute atomic E-state index is 12.4. The van der Waals surface area contributed by atoms with Crippen LogP contribution in [0.25, 0.3) is 0 Å². The fourth-order valence-corrected chi connectivity index (χ4v) is 3.24. The van der Waals surface area contributed by atoms with Gasteiger partial charge in [0, 0.05) is 17.5 Å². The average molecular weight is 279 g/mol. The van der Waals surface area contributed by atoms with E-state index in [9.17, 15) is 4.79 Å². The molecule has 2 nitrogen and oxygen atoms in total. The fourth-order valence-electron chi connectivity index (χ4n) is 3.24. The largest absolute Gasteiger partial charge is 0.349 e. The Morgan fingerprint density at radius 1 is 0.857 bits per heavy atom. The van der Waals surface area contributed by atoms with Gasteiger partial charge in [-0.2, -0.15) is 0 Å². The number of hydrogen-bond donors (Lipinski definition) is 1. The third-order valence-electron chi connectivity index (χ3n) is 4.35. The summed E-state index contributed by atoms with van der Waals surface area (Å²) < 4.78 is 0. The zero-order valence-corrected chi connectivity index (χ0v) is 12.2. The molecule has 2 atom stereocenters. The highest BCUT2D eigenvalue weighted by Crippen LogP contribution is 2.33. The second-order valence-corrected chi connectivity index (χ2v) is 5.75. The zero-order chi connectivity index (χ0) is 14.5. The molecular weight excluding hydrogens is 258 g/mol. The lowest BCUT2D eigenvalue weighted by Gasteiger charge is -2.32. The van der Waals surface area contributed by atoms with Gasteiger partial charge >= 0.3 is 0 Å². The molecule has 2 aromatic carbocycles. The first kappa shape index (κ1) is 13.9. The van der Waals surface area contributed by atoms with E-state index < -0.39 is 0 Å². The molecule has 0 unspecified atom stereocenters. The van der Waals surface area contributed by atoms with Crippen LogP contribution in [0.15, 0.2) is 60.7 Å². The van der Waals surface area contributed by atoms with Gasteiger partial charge in [-0.3, -0.25) is 4.79 Å². The van der Waals surface area contributed by atoms with Crippen molar-refractivity contribution in [3.8, 4) is 0 Å². The first-order valence-corrected chi connectivity index (χ1v) is 7.75. The van der Waals surface area contributed by atoms with E-state index in [0.29, 0.717) is 5.92 Å². The summed E-state index contributed by atoms with van der Waals surface area (Å²) in [6.45, 7) is 0. The Morgan fingerprint density at radius 2 is 1.48 bits per heavy atom. The predicted molar refractivity (Wildman–Crippen MR) is 85.3 cm³/mol. The smallest absolute Gasteiger partial charge is 0.251 e. The molecule has 0 aliphatic heterocycles. The third-order valence-corrected chi connectivity index (χ3v) is 4.35. The first-order chi connectivity index (χ1) is 10.3. The molecule has 3 rings (SSSR count). The van der Waals surface area contributed by atoms with Gasteiger partial charge in [-0.1, -0.05) is 61.4 Å². The van der Waals surface area contributed by atoms with Crippen molar-refractivity contribution in [2.75, 3.05) is 0 Å². The van der Waals surface area contributed by atoms with E-state index in [0.717, 1.165) is 18.4 Å². The SMILES string of the molecule is O=C(N[C@H]1CCCC[C@H]1c1ccccc1)c1ccccc1. The quantitative estimate of drug-likeness (QED) is 0.898. The summed E-state index contributed by atoms with van der Waals surface area (Å²) in [6, 6.07) is 20.3. The van der Waals surface area contributed by atoms with Crippen LogP contribution in [0.4, 0.5) is 0 Å². The molecule has 2 heteroatoms. The van der Waals surface area contributed by atoms with Crippen LogP contribution in [0.2, 0.25) is 0 Å². The van der Waals surface area contributed by atoms with Gasteiger partial charge in [-0.15, -0.1) is 0 Å². The van der Waals surface area contributed by atoms with Crippen molar-refractivity contribution in [3.63, 3.8) is 0 Å². The summed E-state index contributed by atoms with van der Waals surface area (Å²) in [5, 5.41) is 3.24. The molecule has 1 aliphatic rings. The molecule has 0 aromatic heterocycles. The molecular formula is C19H21NO. The number of benzene rings is 2. The van der Waals surface area contributed by atoms with E-state index in [1.165, 1.54) is 18.4 Å². The minimum atomic E-state index is 0.0448. The van der Waals surface area contributed by atoms with Crippen molar-refractivity contribution in [1.82, 2.24) is 5.32 Å². The van der Waals surface area contributed by atoms with E-state index in [1.54, 1.807) is 0 Å². The minimum absolute atomic E-state index is 0.0448. The van der Waals surface area contributed by atoms with Gasteiger partial charge in [-0.25, -0.2) is 0 Å². The van der Waals surface area contributed by atoms with Crippen molar-refractivity contribution in [2.24, 2.45) is 0 Å². The van der Waals surface area contributed by atoms with Crippen LogP contribution in [-0.4, -0.2) is 11.9 Å². The number of rotatable bonds is 3. The average Bonchev–Trinajstić information content (AvgIpc) is 2.57. The highest BCUT2D eigenvalue weighted by atomic mass is 16.1. The van der Waals surface area contributed by atoms with E-state index in [-0.39, 0.29) is 11.9 Å². The van der Waals surface area contributed by atoms with Crippen molar-refractivity contribution in [2.45, 2.75) is 37.6 Å². The van der Waals surface area contributed by atoms with Gasteiger partial charge in [0.05, 0.1) is 0 Å². The number of carbonyl (C=O) groups is 1.